The Bertz CT molecular complexity index is 494. The van der Waals surface area contributed by atoms with Gasteiger partial charge in [0.15, 0.2) is 0 Å². The van der Waals surface area contributed by atoms with Crippen LogP contribution < -0.4 is 11.1 Å². The highest BCUT2D eigenvalue weighted by atomic mass is 79.9. The third-order valence-electron chi connectivity index (χ3n) is 2.08. The summed E-state index contributed by atoms with van der Waals surface area (Å²) in [5.74, 6) is 0.776. The van der Waals surface area contributed by atoms with Crippen molar-refractivity contribution in [3.8, 4) is 0 Å². The van der Waals surface area contributed by atoms with E-state index < -0.39 is 0 Å². The van der Waals surface area contributed by atoms with Crippen LogP contribution in [0.4, 0.5) is 11.5 Å². The first-order valence-corrected chi connectivity index (χ1v) is 5.57. The maximum absolute atomic E-state index is 5.60. The van der Waals surface area contributed by atoms with Crippen molar-refractivity contribution in [2.24, 2.45) is 7.05 Å². The minimum absolute atomic E-state index is 0.638. The molecule has 0 aliphatic carbocycles. The number of pyridine rings is 1. The molecule has 0 aliphatic rings. The summed E-state index contributed by atoms with van der Waals surface area (Å²) >= 11 is 3.40. The van der Waals surface area contributed by atoms with Crippen molar-refractivity contribution in [2.75, 3.05) is 11.1 Å². The normalized spacial score (nSPS) is 10.4. The first kappa shape index (κ1) is 10.9. The molecule has 3 N–H and O–H groups in total. The van der Waals surface area contributed by atoms with Gasteiger partial charge >= 0.3 is 0 Å². The van der Waals surface area contributed by atoms with Gasteiger partial charge in [0.1, 0.15) is 5.82 Å². The smallest absolute Gasteiger partial charge is 0.140 e. The number of hydrogen-bond donors (Lipinski definition) is 2. The van der Waals surface area contributed by atoms with Gasteiger partial charge < -0.3 is 11.1 Å². The summed E-state index contributed by atoms with van der Waals surface area (Å²) in [6, 6.07) is 1.82. The fraction of sp³-hybridized carbons (Fsp3) is 0.200. The molecule has 0 unspecified atom stereocenters. The van der Waals surface area contributed by atoms with Crippen LogP contribution in [0.5, 0.6) is 0 Å². The zero-order valence-corrected chi connectivity index (χ0v) is 10.4. The van der Waals surface area contributed by atoms with Gasteiger partial charge in [0.05, 0.1) is 22.6 Å². The number of aromatic nitrogens is 3. The summed E-state index contributed by atoms with van der Waals surface area (Å²) < 4.78 is 2.62. The molecule has 0 radical (unpaired) electrons. The summed E-state index contributed by atoms with van der Waals surface area (Å²) in [7, 11) is 1.89. The van der Waals surface area contributed by atoms with Crippen LogP contribution in [0.2, 0.25) is 0 Å². The van der Waals surface area contributed by atoms with E-state index in [1.807, 2.05) is 25.5 Å². The Labute approximate surface area is 102 Å². The van der Waals surface area contributed by atoms with Gasteiger partial charge in [-0.25, -0.2) is 4.98 Å². The van der Waals surface area contributed by atoms with Gasteiger partial charge in [-0.3, -0.25) is 4.68 Å². The number of hydrogen-bond acceptors (Lipinski definition) is 4. The van der Waals surface area contributed by atoms with Gasteiger partial charge in [-0.05, 0) is 22.0 Å². The van der Waals surface area contributed by atoms with Gasteiger partial charge in [-0.2, -0.15) is 5.10 Å². The monoisotopic (exact) mass is 281 g/mol. The van der Waals surface area contributed by atoms with E-state index in [-0.39, 0.29) is 0 Å². The zero-order valence-electron chi connectivity index (χ0n) is 8.81. The van der Waals surface area contributed by atoms with Crippen LogP contribution >= 0.6 is 15.9 Å². The lowest BCUT2D eigenvalue weighted by molar-refractivity contribution is 0.767. The quantitative estimate of drug-likeness (QED) is 0.900. The molecule has 0 spiro atoms. The first-order valence-electron chi connectivity index (χ1n) is 4.77. The van der Waals surface area contributed by atoms with E-state index in [0.717, 1.165) is 15.9 Å². The number of anilines is 2. The molecule has 5 nitrogen and oxygen atoms in total. The molecule has 6 heteroatoms. The van der Waals surface area contributed by atoms with Gasteiger partial charge in [-0.15, -0.1) is 0 Å². The molecule has 0 fully saturated rings. The Morgan fingerprint density at radius 1 is 1.50 bits per heavy atom. The van der Waals surface area contributed by atoms with Crippen molar-refractivity contribution in [3.05, 3.63) is 34.7 Å². The molecule has 2 aromatic heterocycles. The molecule has 2 aromatic rings. The Balaban J connectivity index is 2.04. The maximum atomic E-state index is 5.60. The summed E-state index contributed by atoms with van der Waals surface area (Å²) in [5.41, 5.74) is 7.35. The van der Waals surface area contributed by atoms with E-state index in [1.165, 1.54) is 0 Å². The molecule has 0 aromatic carbocycles. The van der Waals surface area contributed by atoms with Crippen LogP contribution in [0.25, 0.3) is 0 Å². The van der Waals surface area contributed by atoms with Crippen LogP contribution in [0.3, 0.4) is 0 Å². The van der Waals surface area contributed by atoms with Gasteiger partial charge in [0.2, 0.25) is 0 Å². The number of nitrogens with one attached hydrogen (secondary N) is 1. The second-order valence-electron chi connectivity index (χ2n) is 3.47. The summed E-state index contributed by atoms with van der Waals surface area (Å²) in [5, 5.41) is 7.29. The van der Waals surface area contributed by atoms with Crippen LogP contribution in [0.1, 0.15) is 5.56 Å². The number of rotatable bonds is 3. The standard InChI is InChI=1S/C10H12BrN5/c1-16-6-7(4-15-16)3-13-10-9(11)2-8(12)5-14-10/h2,4-6H,3,12H2,1H3,(H,13,14). The van der Waals surface area contributed by atoms with Crippen molar-refractivity contribution in [1.29, 1.82) is 0 Å². The van der Waals surface area contributed by atoms with Crippen LogP contribution in [0, 0.1) is 0 Å². The molecule has 0 saturated carbocycles. The molecule has 84 valence electrons. The molecule has 0 amide bonds. The van der Waals surface area contributed by atoms with Crippen LogP contribution in [-0.4, -0.2) is 14.8 Å². The van der Waals surface area contributed by atoms with Crippen molar-refractivity contribution >= 4 is 27.4 Å². The number of nitrogens with zero attached hydrogens (tertiary/aromatic N) is 3. The van der Waals surface area contributed by atoms with E-state index in [1.54, 1.807) is 10.9 Å². The highest BCUT2D eigenvalue weighted by molar-refractivity contribution is 9.10. The lowest BCUT2D eigenvalue weighted by atomic mass is 10.3. The molecule has 0 atom stereocenters. The van der Waals surface area contributed by atoms with Crippen LogP contribution in [0.15, 0.2) is 29.1 Å². The minimum atomic E-state index is 0.638. The number of halogens is 1. The van der Waals surface area contributed by atoms with E-state index in [4.69, 9.17) is 5.73 Å². The fourth-order valence-electron chi connectivity index (χ4n) is 1.33. The average Bonchev–Trinajstić information content (AvgIpc) is 2.63. The molecule has 0 saturated heterocycles. The van der Waals surface area contributed by atoms with E-state index >= 15 is 0 Å². The topological polar surface area (TPSA) is 68.8 Å². The Morgan fingerprint density at radius 2 is 2.31 bits per heavy atom. The molecular weight excluding hydrogens is 270 g/mol. The van der Waals surface area contributed by atoms with Crippen molar-refractivity contribution in [2.45, 2.75) is 6.54 Å². The Morgan fingerprint density at radius 3 is 2.94 bits per heavy atom. The number of nitrogens with two attached hydrogens (primary N) is 1. The Hall–Kier alpha value is -1.56. The zero-order chi connectivity index (χ0) is 11.5. The maximum Gasteiger partial charge on any atom is 0.140 e. The van der Waals surface area contributed by atoms with Gasteiger partial charge in [-0.1, -0.05) is 0 Å². The lowest BCUT2D eigenvalue weighted by Crippen LogP contribution is -2.02. The van der Waals surface area contributed by atoms with Crippen molar-refractivity contribution < 1.29 is 0 Å². The van der Waals surface area contributed by atoms with Crippen molar-refractivity contribution in [1.82, 2.24) is 14.8 Å². The van der Waals surface area contributed by atoms with Crippen molar-refractivity contribution in [3.63, 3.8) is 0 Å². The number of nitrogen functional groups attached to an aromatic ring is 1. The third kappa shape index (κ3) is 2.52. The molecule has 2 rings (SSSR count). The van der Waals surface area contributed by atoms with E-state index in [0.29, 0.717) is 12.2 Å². The highest BCUT2D eigenvalue weighted by Gasteiger charge is 2.02. The molecule has 2 heterocycles. The fourth-order valence-corrected chi connectivity index (χ4v) is 1.84. The molecule has 0 aliphatic heterocycles. The van der Waals surface area contributed by atoms with Crippen LogP contribution in [-0.2, 0) is 13.6 Å². The lowest BCUT2D eigenvalue weighted by Gasteiger charge is -2.06. The summed E-state index contributed by atoms with van der Waals surface area (Å²) in [4.78, 5) is 4.19. The average molecular weight is 282 g/mol. The highest BCUT2D eigenvalue weighted by Crippen LogP contribution is 2.22. The molecule has 16 heavy (non-hydrogen) atoms. The minimum Gasteiger partial charge on any atom is -0.397 e. The van der Waals surface area contributed by atoms with E-state index in [2.05, 4.69) is 31.3 Å². The Kier molecular flexibility index (Phi) is 3.09. The molecule has 0 bridgehead atoms. The second kappa shape index (κ2) is 4.52. The predicted octanol–water partition coefficient (Wildman–Crippen LogP) is 1.77. The largest absolute Gasteiger partial charge is 0.397 e. The SMILES string of the molecule is Cn1cc(CNc2ncc(N)cc2Br)cn1. The first-order chi connectivity index (χ1) is 7.65. The van der Waals surface area contributed by atoms with Gasteiger partial charge in [0.25, 0.3) is 0 Å². The number of aryl methyl sites for hydroxylation is 1. The van der Waals surface area contributed by atoms with E-state index in [9.17, 15) is 0 Å². The van der Waals surface area contributed by atoms with Gasteiger partial charge in [0, 0.05) is 25.4 Å². The second-order valence-corrected chi connectivity index (χ2v) is 4.33. The summed E-state index contributed by atoms with van der Waals surface area (Å²) in [6.45, 7) is 0.684. The third-order valence-corrected chi connectivity index (χ3v) is 2.69. The summed E-state index contributed by atoms with van der Waals surface area (Å²) in [6.07, 6.45) is 5.40. The molecular formula is C10H12BrN5. The predicted molar refractivity (Wildman–Crippen MR) is 66.9 cm³/mol.